The van der Waals surface area contributed by atoms with Crippen molar-refractivity contribution in [3.63, 3.8) is 0 Å². The van der Waals surface area contributed by atoms with Crippen LogP contribution in [0.25, 0.3) is 0 Å². The quantitative estimate of drug-likeness (QED) is 0.895. The molecular weight excluding hydrogens is 282 g/mol. The minimum Gasteiger partial charge on any atom is -0.317 e. The summed E-state index contributed by atoms with van der Waals surface area (Å²) in [5.74, 6) is 2.28. The average Bonchev–Trinajstić information content (AvgIpc) is 2.74. The monoisotopic (exact) mass is 311 g/mol. The minimum atomic E-state index is 0.607. The van der Waals surface area contributed by atoms with Crippen LogP contribution in [-0.2, 0) is 19.9 Å². The predicted molar refractivity (Wildman–Crippen MR) is 89.8 cm³/mol. The van der Waals surface area contributed by atoms with Gasteiger partial charge in [0.15, 0.2) is 0 Å². The van der Waals surface area contributed by atoms with Crippen LogP contribution in [0.15, 0.2) is 0 Å². The molecule has 4 heteroatoms. The van der Waals surface area contributed by atoms with Crippen LogP contribution in [0, 0.1) is 17.8 Å². The van der Waals surface area contributed by atoms with Crippen LogP contribution in [0.5, 0.6) is 0 Å². The Morgan fingerprint density at radius 1 is 1.38 bits per heavy atom. The maximum atomic E-state index is 6.54. The number of nitrogens with zero attached hydrogens (tertiary/aromatic N) is 2. The normalized spacial score (nSPS) is 26.5. The number of hydrogen-bond donors (Lipinski definition) is 1. The topological polar surface area (TPSA) is 29.9 Å². The molecule has 21 heavy (non-hydrogen) atoms. The van der Waals surface area contributed by atoms with E-state index in [0.29, 0.717) is 12.0 Å². The molecule has 0 aliphatic heterocycles. The maximum Gasteiger partial charge on any atom is 0.0849 e. The molecule has 1 aromatic rings. The Kier molecular flexibility index (Phi) is 5.73. The van der Waals surface area contributed by atoms with Gasteiger partial charge >= 0.3 is 0 Å². The molecule has 2 rings (SSSR count). The van der Waals surface area contributed by atoms with Gasteiger partial charge in [-0.1, -0.05) is 32.4 Å². The van der Waals surface area contributed by atoms with E-state index in [2.05, 4.69) is 38.2 Å². The molecule has 1 fully saturated rings. The third kappa shape index (κ3) is 3.62. The number of aryl methyl sites for hydroxylation is 2. The average molecular weight is 312 g/mol. The zero-order valence-corrected chi connectivity index (χ0v) is 14.9. The summed E-state index contributed by atoms with van der Waals surface area (Å²) >= 11 is 6.54. The van der Waals surface area contributed by atoms with Crippen molar-refractivity contribution in [3.8, 4) is 0 Å². The molecule has 1 heterocycles. The summed E-state index contributed by atoms with van der Waals surface area (Å²) in [5.41, 5.74) is 2.24. The zero-order chi connectivity index (χ0) is 15.6. The first-order chi connectivity index (χ1) is 9.97. The Hall–Kier alpha value is -0.540. The lowest BCUT2D eigenvalue weighted by molar-refractivity contribution is 0.171. The van der Waals surface area contributed by atoms with Gasteiger partial charge in [0.1, 0.15) is 0 Å². The summed E-state index contributed by atoms with van der Waals surface area (Å²) in [5, 5.41) is 8.97. The highest BCUT2D eigenvalue weighted by Gasteiger charge is 2.32. The summed E-state index contributed by atoms with van der Waals surface area (Å²) in [6, 6.07) is 0.607. The molecule has 0 bridgehead atoms. The van der Waals surface area contributed by atoms with Gasteiger partial charge in [0, 0.05) is 13.1 Å². The van der Waals surface area contributed by atoms with Gasteiger partial charge in [-0.05, 0) is 56.9 Å². The molecule has 3 nitrogen and oxygen atoms in total. The molecule has 1 aliphatic rings. The lowest BCUT2D eigenvalue weighted by Crippen LogP contribution is -2.41. The Balaban J connectivity index is 2.17. The van der Waals surface area contributed by atoms with Crippen molar-refractivity contribution in [1.82, 2.24) is 15.1 Å². The minimum absolute atomic E-state index is 0.607. The second-order valence-corrected chi connectivity index (χ2v) is 7.24. The Bertz CT molecular complexity index is 467. The molecule has 0 aromatic carbocycles. The molecule has 0 amide bonds. The van der Waals surface area contributed by atoms with Gasteiger partial charge < -0.3 is 5.32 Å². The first-order valence-corrected chi connectivity index (χ1v) is 8.73. The fraction of sp³-hybridized carbons (Fsp3) is 0.824. The van der Waals surface area contributed by atoms with Crippen molar-refractivity contribution in [2.24, 2.45) is 24.8 Å². The molecule has 3 unspecified atom stereocenters. The van der Waals surface area contributed by atoms with E-state index in [1.54, 1.807) is 0 Å². The highest BCUT2D eigenvalue weighted by Crippen LogP contribution is 2.36. The van der Waals surface area contributed by atoms with Gasteiger partial charge in [-0.15, -0.1) is 0 Å². The van der Waals surface area contributed by atoms with Gasteiger partial charge in [0.25, 0.3) is 0 Å². The van der Waals surface area contributed by atoms with Crippen LogP contribution < -0.4 is 5.32 Å². The molecule has 0 saturated heterocycles. The number of nitrogens with one attached hydrogen (secondary N) is 1. The van der Waals surface area contributed by atoms with Gasteiger partial charge in [-0.3, -0.25) is 4.68 Å². The van der Waals surface area contributed by atoms with Gasteiger partial charge in [0.05, 0.1) is 16.4 Å². The lowest BCUT2D eigenvalue weighted by atomic mass is 9.72. The van der Waals surface area contributed by atoms with Crippen LogP contribution in [-0.4, -0.2) is 22.9 Å². The van der Waals surface area contributed by atoms with Crippen molar-refractivity contribution in [3.05, 3.63) is 16.4 Å². The molecule has 1 aliphatic carbocycles. The molecular formula is C17H30ClN3. The molecule has 3 atom stereocenters. The third-order valence-corrected chi connectivity index (χ3v) is 5.73. The van der Waals surface area contributed by atoms with E-state index < -0.39 is 0 Å². The standard InChI is InChI=1S/C17H30ClN3/c1-6-14-17(18)16(21(5)20-14)10-13-9-12(11(2)3)7-8-15(13)19-4/h11-13,15,19H,6-10H2,1-5H3. The van der Waals surface area contributed by atoms with E-state index in [9.17, 15) is 0 Å². The number of aromatic nitrogens is 2. The van der Waals surface area contributed by atoms with Crippen molar-refractivity contribution in [1.29, 1.82) is 0 Å². The summed E-state index contributed by atoms with van der Waals surface area (Å²) < 4.78 is 1.99. The Morgan fingerprint density at radius 2 is 2.10 bits per heavy atom. The van der Waals surface area contributed by atoms with E-state index >= 15 is 0 Å². The van der Waals surface area contributed by atoms with E-state index in [0.717, 1.165) is 35.4 Å². The van der Waals surface area contributed by atoms with E-state index in [1.165, 1.54) is 25.0 Å². The second kappa shape index (κ2) is 7.15. The smallest absolute Gasteiger partial charge is 0.0849 e. The maximum absolute atomic E-state index is 6.54. The van der Waals surface area contributed by atoms with E-state index in [4.69, 9.17) is 11.6 Å². The molecule has 1 N–H and O–H groups in total. The van der Waals surface area contributed by atoms with E-state index in [-0.39, 0.29) is 0 Å². The van der Waals surface area contributed by atoms with E-state index in [1.807, 2.05) is 11.7 Å². The van der Waals surface area contributed by atoms with Crippen molar-refractivity contribution in [2.45, 2.75) is 58.9 Å². The summed E-state index contributed by atoms with van der Waals surface area (Å²) in [6.07, 6.45) is 5.86. The van der Waals surface area contributed by atoms with Crippen molar-refractivity contribution in [2.75, 3.05) is 7.05 Å². The number of halogens is 1. The van der Waals surface area contributed by atoms with Gasteiger partial charge in [-0.2, -0.15) is 5.10 Å². The zero-order valence-electron chi connectivity index (χ0n) is 14.1. The Labute approximate surface area is 134 Å². The predicted octanol–water partition coefficient (Wildman–Crippen LogP) is 3.84. The first kappa shape index (κ1) is 16.8. The van der Waals surface area contributed by atoms with Crippen LogP contribution >= 0.6 is 11.6 Å². The molecule has 0 spiro atoms. The largest absolute Gasteiger partial charge is 0.317 e. The molecule has 0 radical (unpaired) electrons. The van der Waals surface area contributed by atoms with Crippen LogP contribution in [0.1, 0.15) is 51.4 Å². The fourth-order valence-electron chi connectivity index (χ4n) is 3.80. The molecule has 1 aromatic heterocycles. The fourth-order valence-corrected chi connectivity index (χ4v) is 4.17. The van der Waals surface area contributed by atoms with Gasteiger partial charge in [0.2, 0.25) is 0 Å². The molecule has 1 saturated carbocycles. The second-order valence-electron chi connectivity index (χ2n) is 6.86. The van der Waals surface area contributed by atoms with Crippen LogP contribution in [0.4, 0.5) is 0 Å². The molecule has 120 valence electrons. The highest BCUT2D eigenvalue weighted by molar-refractivity contribution is 6.31. The number of rotatable bonds is 5. The summed E-state index contributed by atoms with van der Waals surface area (Å²) in [6.45, 7) is 6.82. The van der Waals surface area contributed by atoms with Crippen LogP contribution in [0.2, 0.25) is 5.02 Å². The summed E-state index contributed by atoms with van der Waals surface area (Å²) in [7, 11) is 4.12. The van der Waals surface area contributed by atoms with Crippen molar-refractivity contribution < 1.29 is 0 Å². The first-order valence-electron chi connectivity index (χ1n) is 8.35. The van der Waals surface area contributed by atoms with Gasteiger partial charge in [-0.25, -0.2) is 0 Å². The number of hydrogen-bond acceptors (Lipinski definition) is 2. The lowest BCUT2D eigenvalue weighted by Gasteiger charge is -2.38. The third-order valence-electron chi connectivity index (χ3n) is 5.30. The van der Waals surface area contributed by atoms with Crippen molar-refractivity contribution >= 4 is 11.6 Å². The Morgan fingerprint density at radius 3 is 2.62 bits per heavy atom. The van der Waals surface area contributed by atoms with Crippen LogP contribution in [0.3, 0.4) is 0 Å². The summed E-state index contributed by atoms with van der Waals surface area (Å²) in [4.78, 5) is 0. The SMILES string of the molecule is CCc1nn(C)c(CC2CC(C(C)C)CCC2NC)c1Cl. The highest BCUT2D eigenvalue weighted by atomic mass is 35.5.